The second kappa shape index (κ2) is 9.03. The molecule has 3 aromatic rings. The SMILES string of the molecule is COc1cc([C@@H](C)C(=O)N2CCC3(CCc4cc(-c5nc(OC)n(C)n5)c(C)nc4N3)C2)c(F)cn1. The van der Waals surface area contributed by atoms with Crippen LogP contribution in [-0.4, -0.2) is 68.4 Å². The second-order valence-electron chi connectivity index (χ2n) is 9.56. The molecule has 1 N–H and O–H groups in total. The molecule has 10 nitrogen and oxygen atoms in total. The summed E-state index contributed by atoms with van der Waals surface area (Å²) >= 11 is 0. The van der Waals surface area contributed by atoms with Crippen LogP contribution in [0.5, 0.6) is 11.9 Å². The number of carbonyl (C=O) groups excluding carboxylic acids is 1. The molecule has 1 spiro atoms. The lowest BCUT2D eigenvalue weighted by Crippen LogP contribution is -2.46. The molecule has 1 unspecified atom stereocenters. The van der Waals surface area contributed by atoms with Crippen LogP contribution in [0.25, 0.3) is 11.4 Å². The number of pyridine rings is 2. The Hall–Kier alpha value is -3.76. The highest BCUT2D eigenvalue weighted by molar-refractivity contribution is 5.84. The van der Waals surface area contributed by atoms with Crippen LogP contribution in [0.2, 0.25) is 0 Å². The molecule has 36 heavy (non-hydrogen) atoms. The first-order valence-electron chi connectivity index (χ1n) is 12.0. The summed E-state index contributed by atoms with van der Waals surface area (Å²) in [5, 5.41) is 8.09. The molecule has 1 amide bonds. The normalized spacial score (nSPS) is 19.7. The smallest absolute Gasteiger partial charge is 0.314 e. The lowest BCUT2D eigenvalue weighted by atomic mass is 9.86. The van der Waals surface area contributed by atoms with Gasteiger partial charge in [-0.15, -0.1) is 5.10 Å². The van der Waals surface area contributed by atoms with Crippen molar-refractivity contribution in [3.8, 4) is 23.3 Å². The van der Waals surface area contributed by atoms with E-state index in [9.17, 15) is 9.18 Å². The zero-order chi connectivity index (χ0) is 25.6. The number of methoxy groups -OCH3 is 2. The first-order chi connectivity index (χ1) is 17.2. The van der Waals surface area contributed by atoms with Crippen molar-refractivity contribution in [2.24, 2.45) is 7.05 Å². The molecule has 11 heteroatoms. The number of anilines is 1. The van der Waals surface area contributed by atoms with Gasteiger partial charge < -0.3 is 19.7 Å². The third kappa shape index (κ3) is 4.12. The lowest BCUT2D eigenvalue weighted by Gasteiger charge is -2.36. The van der Waals surface area contributed by atoms with Crippen molar-refractivity contribution < 1.29 is 18.7 Å². The van der Waals surface area contributed by atoms with Crippen molar-refractivity contribution in [3.63, 3.8) is 0 Å². The predicted molar refractivity (Wildman–Crippen MR) is 131 cm³/mol. The number of hydrogen-bond acceptors (Lipinski definition) is 8. The fraction of sp³-hybridized carbons (Fsp3) is 0.480. The van der Waals surface area contributed by atoms with E-state index in [2.05, 4.69) is 26.4 Å². The van der Waals surface area contributed by atoms with E-state index in [1.807, 2.05) is 11.8 Å². The topological polar surface area (TPSA) is 107 Å². The van der Waals surface area contributed by atoms with E-state index in [0.29, 0.717) is 30.5 Å². The van der Waals surface area contributed by atoms with Crippen LogP contribution >= 0.6 is 0 Å². The maximum Gasteiger partial charge on any atom is 0.314 e. The lowest BCUT2D eigenvalue weighted by molar-refractivity contribution is -0.131. The molecule has 0 bridgehead atoms. The van der Waals surface area contributed by atoms with Gasteiger partial charge in [0.1, 0.15) is 11.6 Å². The van der Waals surface area contributed by atoms with Gasteiger partial charge in [0.2, 0.25) is 11.8 Å². The Morgan fingerprint density at radius 2 is 2.03 bits per heavy atom. The Bertz CT molecular complexity index is 1330. The highest BCUT2D eigenvalue weighted by Gasteiger charge is 2.43. The van der Waals surface area contributed by atoms with E-state index in [4.69, 9.17) is 14.5 Å². The largest absolute Gasteiger partial charge is 0.481 e. The van der Waals surface area contributed by atoms with E-state index in [1.54, 1.807) is 25.8 Å². The molecule has 0 radical (unpaired) electrons. The number of nitrogens with zero attached hydrogens (tertiary/aromatic N) is 6. The predicted octanol–water partition coefficient (Wildman–Crippen LogP) is 2.87. The van der Waals surface area contributed by atoms with Crippen molar-refractivity contribution in [3.05, 3.63) is 41.0 Å². The number of rotatable bonds is 5. The Balaban J connectivity index is 1.33. The number of likely N-dealkylation sites (tertiary alicyclic amines) is 1. The number of carbonyl (C=O) groups is 1. The molecule has 5 heterocycles. The summed E-state index contributed by atoms with van der Waals surface area (Å²) in [5.41, 5.74) is 2.81. The Morgan fingerprint density at radius 1 is 1.22 bits per heavy atom. The van der Waals surface area contributed by atoms with E-state index >= 15 is 0 Å². The molecule has 2 aliphatic rings. The number of amides is 1. The van der Waals surface area contributed by atoms with Crippen molar-refractivity contribution in [1.82, 2.24) is 29.6 Å². The van der Waals surface area contributed by atoms with Gasteiger partial charge in [-0.3, -0.25) is 4.79 Å². The first-order valence-corrected chi connectivity index (χ1v) is 12.0. The summed E-state index contributed by atoms with van der Waals surface area (Å²) < 4.78 is 26.4. The van der Waals surface area contributed by atoms with Gasteiger partial charge in [-0.05, 0) is 44.7 Å². The van der Waals surface area contributed by atoms with Crippen molar-refractivity contribution in [2.45, 2.75) is 44.6 Å². The number of aromatic nitrogens is 5. The van der Waals surface area contributed by atoms with Crippen LogP contribution in [0.15, 0.2) is 18.3 Å². The van der Waals surface area contributed by atoms with Gasteiger partial charge in [0.25, 0.3) is 0 Å². The molecular formula is C25H30FN7O3. The van der Waals surface area contributed by atoms with E-state index < -0.39 is 11.7 Å². The molecule has 0 aromatic carbocycles. The molecule has 1 saturated heterocycles. The standard InChI is InChI=1S/C25H30FN7O3/c1-14(17-11-20(35-4)27-12-19(17)26)23(34)33-9-8-25(13-33)7-6-16-10-18(15(2)28-21(16)30-25)22-29-24(36-5)32(3)31-22/h10-12,14H,6-9,13H2,1-5H3,(H,28,30)/t14-,25?/m1/s1. The Kier molecular flexibility index (Phi) is 6.01. The summed E-state index contributed by atoms with van der Waals surface area (Å²) in [7, 11) is 4.82. The zero-order valence-electron chi connectivity index (χ0n) is 21.1. The highest BCUT2D eigenvalue weighted by atomic mass is 19.1. The summed E-state index contributed by atoms with van der Waals surface area (Å²) in [6.45, 7) is 4.80. The average Bonchev–Trinajstić information content (AvgIpc) is 3.46. The molecule has 0 saturated carbocycles. The molecule has 2 aliphatic heterocycles. The molecule has 2 atom stereocenters. The first kappa shape index (κ1) is 24.0. The minimum absolute atomic E-state index is 0.110. The van der Waals surface area contributed by atoms with Gasteiger partial charge in [-0.25, -0.2) is 19.0 Å². The van der Waals surface area contributed by atoms with E-state index in [0.717, 1.165) is 48.1 Å². The van der Waals surface area contributed by atoms with Gasteiger partial charge in [-0.2, -0.15) is 4.98 Å². The van der Waals surface area contributed by atoms with E-state index in [-0.39, 0.29) is 17.3 Å². The fourth-order valence-corrected chi connectivity index (χ4v) is 5.17. The third-order valence-corrected chi connectivity index (χ3v) is 7.27. The molecule has 5 rings (SSSR count). The minimum Gasteiger partial charge on any atom is -0.481 e. The summed E-state index contributed by atoms with van der Waals surface area (Å²) in [4.78, 5) is 28.3. The summed E-state index contributed by atoms with van der Waals surface area (Å²) in [6.07, 6.45) is 3.58. The number of fused-ring (bicyclic) bond motifs is 1. The number of hydrogen-bond donors (Lipinski definition) is 1. The maximum atomic E-state index is 14.4. The number of halogens is 1. The van der Waals surface area contributed by atoms with Gasteiger partial charge >= 0.3 is 6.01 Å². The average molecular weight is 496 g/mol. The molecule has 0 aliphatic carbocycles. The van der Waals surface area contributed by atoms with Gasteiger partial charge in [0.15, 0.2) is 5.82 Å². The summed E-state index contributed by atoms with van der Waals surface area (Å²) in [6, 6.07) is 4.02. The van der Waals surface area contributed by atoms with Crippen LogP contribution in [0.4, 0.5) is 10.2 Å². The summed E-state index contributed by atoms with van der Waals surface area (Å²) in [5.74, 6) is 0.437. The molecule has 1 fully saturated rings. The Labute approximate surface area is 208 Å². The van der Waals surface area contributed by atoms with Gasteiger partial charge in [0.05, 0.1) is 37.6 Å². The number of aryl methyl sites for hydroxylation is 3. The Morgan fingerprint density at radius 3 is 2.75 bits per heavy atom. The minimum atomic E-state index is -0.640. The van der Waals surface area contributed by atoms with Gasteiger partial charge in [0, 0.05) is 37.3 Å². The zero-order valence-corrected chi connectivity index (χ0v) is 21.1. The van der Waals surface area contributed by atoms with Crippen LogP contribution in [0, 0.1) is 12.7 Å². The van der Waals surface area contributed by atoms with Crippen molar-refractivity contribution in [2.75, 3.05) is 32.6 Å². The molecule has 3 aromatic heterocycles. The van der Waals surface area contributed by atoms with Crippen LogP contribution < -0.4 is 14.8 Å². The van der Waals surface area contributed by atoms with Crippen molar-refractivity contribution >= 4 is 11.7 Å². The number of ether oxygens (including phenoxy) is 2. The quantitative estimate of drug-likeness (QED) is 0.576. The molecule has 190 valence electrons. The van der Waals surface area contributed by atoms with Crippen LogP contribution in [0.1, 0.15) is 42.5 Å². The fourth-order valence-electron chi connectivity index (χ4n) is 5.17. The van der Waals surface area contributed by atoms with Gasteiger partial charge in [-0.1, -0.05) is 0 Å². The highest BCUT2D eigenvalue weighted by Crippen LogP contribution is 2.39. The van der Waals surface area contributed by atoms with Crippen molar-refractivity contribution in [1.29, 1.82) is 0 Å². The van der Waals surface area contributed by atoms with Crippen LogP contribution in [0.3, 0.4) is 0 Å². The maximum absolute atomic E-state index is 14.4. The van der Waals surface area contributed by atoms with Crippen LogP contribution in [-0.2, 0) is 18.3 Å². The third-order valence-electron chi connectivity index (χ3n) is 7.27. The number of nitrogens with one attached hydrogen (secondary N) is 1. The van der Waals surface area contributed by atoms with E-state index in [1.165, 1.54) is 13.2 Å². The second-order valence-corrected chi connectivity index (χ2v) is 9.56. The molecular weight excluding hydrogens is 465 g/mol. The monoisotopic (exact) mass is 495 g/mol.